The Morgan fingerprint density at radius 2 is 1.90 bits per heavy atom. The molecule has 1 aromatic rings. The lowest BCUT2D eigenvalue weighted by Crippen LogP contribution is -2.34. The summed E-state index contributed by atoms with van der Waals surface area (Å²) in [5, 5.41) is 13.8. The molecule has 0 unspecified atom stereocenters. The van der Waals surface area contributed by atoms with Crippen LogP contribution in [-0.2, 0) is 6.54 Å². The van der Waals surface area contributed by atoms with Gasteiger partial charge in [0.05, 0.1) is 5.60 Å². The maximum absolute atomic E-state index is 10.3. The van der Waals surface area contributed by atoms with Crippen molar-refractivity contribution in [3.63, 3.8) is 0 Å². The maximum atomic E-state index is 10.3. The molecule has 114 valence electrons. The van der Waals surface area contributed by atoms with Crippen molar-refractivity contribution in [1.82, 2.24) is 5.32 Å². The molecule has 0 amide bonds. The fourth-order valence-electron chi connectivity index (χ4n) is 2.03. The van der Waals surface area contributed by atoms with Crippen molar-refractivity contribution in [3.8, 4) is 5.75 Å². The summed E-state index contributed by atoms with van der Waals surface area (Å²) in [5.74, 6) is 0.904. The van der Waals surface area contributed by atoms with Gasteiger partial charge in [-0.3, -0.25) is 0 Å². The molecular weight excluding hydrogens is 250 g/mol. The summed E-state index contributed by atoms with van der Waals surface area (Å²) in [7, 11) is 0. The molecule has 20 heavy (non-hydrogen) atoms. The highest BCUT2D eigenvalue weighted by atomic mass is 16.5. The summed E-state index contributed by atoms with van der Waals surface area (Å²) >= 11 is 0. The molecule has 0 aromatic heterocycles. The molecule has 1 rings (SSSR count). The van der Waals surface area contributed by atoms with Crippen molar-refractivity contribution in [2.45, 2.75) is 65.6 Å². The molecule has 0 aliphatic rings. The minimum Gasteiger partial charge on any atom is -0.490 e. The topological polar surface area (TPSA) is 41.5 Å². The first kappa shape index (κ1) is 17.0. The number of nitrogens with one attached hydrogen (secondary N) is 1. The van der Waals surface area contributed by atoms with Crippen LogP contribution in [0.2, 0.25) is 0 Å². The molecule has 3 nitrogen and oxygen atoms in total. The lowest BCUT2D eigenvalue weighted by atomic mass is 9.99. The minimum atomic E-state index is -0.731. The molecule has 1 aromatic carbocycles. The second-order valence-corrected chi connectivity index (χ2v) is 5.82. The highest BCUT2D eigenvalue weighted by molar-refractivity contribution is 5.40. The van der Waals surface area contributed by atoms with E-state index < -0.39 is 5.60 Å². The lowest BCUT2D eigenvalue weighted by Gasteiger charge is -2.26. The van der Waals surface area contributed by atoms with E-state index in [9.17, 15) is 5.11 Å². The number of para-hydroxylation sites is 1. The van der Waals surface area contributed by atoms with E-state index >= 15 is 0 Å². The monoisotopic (exact) mass is 279 g/mol. The van der Waals surface area contributed by atoms with Gasteiger partial charge in [-0.25, -0.2) is 0 Å². The summed E-state index contributed by atoms with van der Waals surface area (Å²) in [4.78, 5) is 0. The zero-order valence-electron chi connectivity index (χ0n) is 13.5. The second kappa shape index (κ2) is 7.65. The van der Waals surface area contributed by atoms with E-state index in [1.165, 1.54) is 0 Å². The van der Waals surface area contributed by atoms with Gasteiger partial charge in [0.1, 0.15) is 12.4 Å². The molecule has 0 atom stereocenters. The fourth-order valence-corrected chi connectivity index (χ4v) is 2.03. The third-order valence-corrected chi connectivity index (χ3v) is 3.80. The van der Waals surface area contributed by atoms with E-state index in [1.807, 2.05) is 32.9 Å². The number of hydrogen-bond acceptors (Lipinski definition) is 3. The SMILES string of the molecule is CCC(O)(CC)COc1c(C)cccc1CNC(C)C. The minimum absolute atomic E-state index is 0.347. The molecule has 0 bridgehead atoms. The Hall–Kier alpha value is -1.06. The quantitative estimate of drug-likeness (QED) is 0.766. The fraction of sp³-hybridized carbons (Fsp3) is 0.647. The van der Waals surface area contributed by atoms with Gasteiger partial charge in [0.2, 0.25) is 0 Å². The number of ether oxygens (including phenoxy) is 1. The van der Waals surface area contributed by atoms with Gasteiger partial charge < -0.3 is 15.2 Å². The smallest absolute Gasteiger partial charge is 0.126 e. The Balaban J connectivity index is 2.82. The number of benzene rings is 1. The molecule has 0 aliphatic heterocycles. The van der Waals surface area contributed by atoms with Crippen LogP contribution in [0.5, 0.6) is 5.75 Å². The van der Waals surface area contributed by atoms with Gasteiger partial charge in [-0.15, -0.1) is 0 Å². The molecule has 0 radical (unpaired) electrons. The summed E-state index contributed by atoms with van der Waals surface area (Å²) in [6.45, 7) is 11.4. The summed E-state index contributed by atoms with van der Waals surface area (Å²) in [6.07, 6.45) is 1.41. The van der Waals surface area contributed by atoms with Crippen LogP contribution in [-0.4, -0.2) is 23.4 Å². The molecule has 0 saturated heterocycles. The van der Waals surface area contributed by atoms with Crippen molar-refractivity contribution < 1.29 is 9.84 Å². The van der Waals surface area contributed by atoms with E-state index in [4.69, 9.17) is 4.74 Å². The van der Waals surface area contributed by atoms with Gasteiger partial charge >= 0.3 is 0 Å². The van der Waals surface area contributed by atoms with Crippen LogP contribution in [0.25, 0.3) is 0 Å². The van der Waals surface area contributed by atoms with Gasteiger partial charge in [0.15, 0.2) is 0 Å². The van der Waals surface area contributed by atoms with Crippen molar-refractivity contribution >= 4 is 0 Å². The highest BCUT2D eigenvalue weighted by Gasteiger charge is 2.24. The van der Waals surface area contributed by atoms with Gasteiger partial charge in [-0.05, 0) is 25.3 Å². The first-order valence-corrected chi connectivity index (χ1v) is 7.59. The van der Waals surface area contributed by atoms with E-state index in [0.29, 0.717) is 25.5 Å². The lowest BCUT2D eigenvalue weighted by molar-refractivity contribution is -0.0118. The average molecular weight is 279 g/mol. The molecule has 0 fully saturated rings. The summed E-state index contributed by atoms with van der Waals surface area (Å²) in [6, 6.07) is 6.61. The molecule has 0 heterocycles. The number of aliphatic hydroxyl groups is 1. The normalized spacial score (nSPS) is 11.9. The third kappa shape index (κ3) is 4.80. The average Bonchev–Trinajstić information content (AvgIpc) is 2.43. The Kier molecular flexibility index (Phi) is 6.50. The third-order valence-electron chi connectivity index (χ3n) is 3.80. The van der Waals surface area contributed by atoms with Crippen molar-refractivity contribution in [3.05, 3.63) is 29.3 Å². The zero-order valence-corrected chi connectivity index (χ0v) is 13.5. The number of aryl methyl sites for hydroxylation is 1. The maximum Gasteiger partial charge on any atom is 0.126 e. The standard InChI is InChI=1S/C17H29NO2/c1-6-17(19,7-2)12-20-16-14(5)9-8-10-15(16)11-18-13(3)4/h8-10,13,18-19H,6-7,11-12H2,1-5H3. The Labute approximate surface area is 123 Å². The highest BCUT2D eigenvalue weighted by Crippen LogP contribution is 2.26. The predicted octanol–water partition coefficient (Wildman–Crippen LogP) is 3.42. The van der Waals surface area contributed by atoms with E-state index in [2.05, 4.69) is 25.2 Å². The van der Waals surface area contributed by atoms with Crippen LogP contribution < -0.4 is 10.1 Å². The molecule has 3 heteroatoms. The molecular formula is C17H29NO2. The second-order valence-electron chi connectivity index (χ2n) is 5.82. The molecule has 0 saturated carbocycles. The van der Waals surface area contributed by atoms with E-state index in [-0.39, 0.29) is 0 Å². The zero-order chi connectivity index (χ0) is 15.2. The Morgan fingerprint density at radius 1 is 1.25 bits per heavy atom. The number of hydrogen-bond donors (Lipinski definition) is 2. The number of rotatable bonds is 8. The largest absolute Gasteiger partial charge is 0.490 e. The molecule has 0 aliphatic carbocycles. The van der Waals surface area contributed by atoms with Gasteiger partial charge in [0.25, 0.3) is 0 Å². The van der Waals surface area contributed by atoms with Crippen LogP contribution in [0.15, 0.2) is 18.2 Å². The Morgan fingerprint density at radius 3 is 2.45 bits per heavy atom. The van der Waals surface area contributed by atoms with Gasteiger partial charge in [-0.2, -0.15) is 0 Å². The van der Waals surface area contributed by atoms with Crippen LogP contribution in [0.1, 0.15) is 51.7 Å². The first-order chi connectivity index (χ1) is 9.41. The van der Waals surface area contributed by atoms with Gasteiger partial charge in [0, 0.05) is 18.2 Å². The summed E-state index contributed by atoms with van der Waals surface area (Å²) < 4.78 is 5.96. The molecule has 0 spiro atoms. The van der Waals surface area contributed by atoms with Crippen LogP contribution in [0, 0.1) is 6.92 Å². The predicted molar refractivity (Wildman–Crippen MR) is 84.2 cm³/mol. The molecule has 2 N–H and O–H groups in total. The van der Waals surface area contributed by atoms with Crippen molar-refractivity contribution in [2.24, 2.45) is 0 Å². The Bertz CT molecular complexity index is 411. The van der Waals surface area contributed by atoms with Crippen LogP contribution in [0.3, 0.4) is 0 Å². The van der Waals surface area contributed by atoms with Crippen LogP contribution in [0.4, 0.5) is 0 Å². The van der Waals surface area contributed by atoms with Crippen molar-refractivity contribution in [1.29, 1.82) is 0 Å². The van der Waals surface area contributed by atoms with E-state index in [0.717, 1.165) is 23.4 Å². The summed E-state index contributed by atoms with van der Waals surface area (Å²) in [5.41, 5.74) is 1.53. The van der Waals surface area contributed by atoms with Crippen LogP contribution >= 0.6 is 0 Å². The van der Waals surface area contributed by atoms with Gasteiger partial charge in [-0.1, -0.05) is 45.9 Å². The van der Waals surface area contributed by atoms with E-state index in [1.54, 1.807) is 0 Å². The first-order valence-electron chi connectivity index (χ1n) is 7.59. The van der Waals surface area contributed by atoms with Crippen molar-refractivity contribution in [2.75, 3.05) is 6.61 Å².